The number of aromatic nitrogens is 2. The number of rotatable bonds is 4. The zero-order valence-electron chi connectivity index (χ0n) is 9.37. The molecule has 0 spiro atoms. The summed E-state index contributed by atoms with van der Waals surface area (Å²) in [5.74, 6) is 1.55. The average Bonchev–Trinajstić information content (AvgIpc) is 2.21. The topological polar surface area (TPSA) is 55.0 Å². The number of hydrogen-bond donors (Lipinski definition) is 1. The summed E-state index contributed by atoms with van der Waals surface area (Å²) in [6.07, 6.45) is 2.66. The minimum absolute atomic E-state index is 0.255. The van der Waals surface area contributed by atoms with E-state index in [1.807, 2.05) is 11.9 Å². The van der Waals surface area contributed by atoms with E-state index >= 15 is 0 Å². The summed E-state index contributed by atoms with van der Waals surface area (Å²) in [5, 5.41) is 0.537. The van der Waals surface area contributed by atoms with Crippen LogP contribution in [0.4, 0.5) is 11.8 Å². The molecule has 4 nitrogen and oxygen atoms in total. The summed E-state index contributed by atoms with van der Waals surface area (Å²) < 4.78 is 0. The Kier molecular flexibility index (Phi) is 4.15. The van der Waals surface area contributed by atoms with Crippen LogP contribution in [0.5, 0.6) is 0 Å². The Morgan fingerprint density at radius 1 is 1.60 bits per heavy atom. The molecule has 5 heteroatoms. The first kappa shape index (κ1) is 12.0. The van der Waals surface area contributed by atoms with Crippen molar-refractivity contribution in [2.75, 3.05) is 24.2 Å². The molecule has 0 aliphatic carbocycles. The standard InChI is InChI=1S/C10H17ClN4/c1-4-7(2)6-15(3)9-8(11)5-13-10(12)14-9/h5,7H,4,6H2,1-3H3,(H2,12,13,14). The SMILES string of the molecule is CCC(C)CN(C)c1nc(N)ncc1Cl. The highest BCUT2D eigenvalue weighted by Crippen LogP contribution is 2.22. The molecule has 15 heavy (non-hydrogen) atoms. The quantitative estimate of drug-likeness (QED) is 0.859. The van der Waals surface area contributed by atoms with Crippen LogP contribution in [0.25, 0.3) is 0 Å². The van der Waals surface area contributed by atoms with Crippen LogP contribution in [0.15, 0.2) is 6.20 Å². The summed E-state index contributed by atoms with van der Waals surface area (Å²) in [6.45, 7) is 5.26. The van der Waals surface area contributed by atoms with Gasteiger partial charge < -0.3 is 10.6 Å². The molecule has 0 amide bonds. The molecule has 0 radical (unpaired) electrons. The molecule has 0 fully saturated rings. The molecule has 84 valence electrons. The van der Waals surface area contributed by atoms with Crippen molar-refractivity contribution >= 4 is 23.4 Å². The smallest absolute Gasteiger partial charge is 0.222 e. The average molecular weight is 229 g/mol. The van der Waals surface area contributed by atoms with Gasteiger partial charge >= 0.3 is 0 Å². The number of nitrogen functional groups attached to an aromatic ring is 1. The lowest BCUT2D eigenvalue weighted by molar-refractivity contribution is 0.557. The minimum Gasteiger partial charge on any atom is -0.368 e. The van der Waals surface area contributed by atoms with Crippen LogP contribution in [0, 0.1) is 5.92 Å². The van der Waals surface area contributed by atoms with Gasteiger partial charge in [0.15, 0.2) is 5.82 Å². The van der Waals surface area contributed by atoms with Crippen molar-refractivity contribution in [3.05, 3.63) is 11.2 Å². The van der Waals surface area contributed by atoms with E-state index in [0.29, 0.717) is 16.8 Å². The van der Waals surface area contributed by atoms with E-state index in [2.05, 4.69) is 23.8 Å². The molecule has 0 bridgehead atoms. The van der Waals surface area contributed by atoms with Gasteiger partial charge in [-0.2, -0.15) is 4.98 Å². The molecule has 0 saturated heterocycles. The Morgan fingerprint density at radius 3 is 2.87 bits per heavy atom. The van der Waals surface area contributed by atoms with Gasteiger partial charge in [0, 0.05) is 13.6 Å². The number of hydrogen-bond acceptors (Lipinski definition) is 4. The molecule has 1 aromatic heterocycles. The van der Waals surface area contributed by atoms with Crippen LogP contribution in [-0.2, 0) is 0 Å². The summed E-state index contributed by atoms with van der Waals surface area (Å²) >= 11 is 6.00. The summed E-state index contributed by atoms with van der Waals surface area (Å²) in [6, 6.07) is 0. The maximum atomic E-state index is 6.00. The Bertz CT molecular complexity index is 329. The normalized spacial score (nSPS) is 12.5. The molecule has 2 N–H and O–H groups in total. The largest absolute Gasteiger partial charge is 0.368 e. The predicted octanol–water partition coefficient (Wildman–Crippen LogP) is 2.19. The van der Waals surface area contributed by atoms with Gasteiger partial charge in [0.1, 0.15) is 5.02 Å². The van der Waals surface area contributed by atoms with Crippen molar-refractivity contribution in [3.63, 3.8) is 0 Å². The second-order valence-electron chi connectivity index (χ2n) is 3.79. The van der Waals surface area contributed by atoms with Crippen molar-refractivity contribution in [2.45, 2.75) is 20.3 Å². The van der Waals surface area contributed by atoms with E-state index in [1.165, 1.54) is 6.20 Å². The Hall–Kier alpha value is -1.03. The molecule has 1 heterocycles. The number of anilines is 2. The van der Waals surface area contributed by atoms with Crippen LogP contribution in [0.1, 0.15) is 20.3 Å². The van der Waals surface area contributed by atoms with Crippen LogP contribution >= 0.6 is 11.6 Å². The maximum absolute atomic E-state index is 6.00. The van der Waals surface area contributed by atoms with Crippen LogP contribution < -0.4 is 10.6 Å². The van der Waals surface area contributed by atoms with E-state index in [9.17, 15) is 0 Å². The first-order valence-corrected chi connectivity index (χ1v) is 5.41. The monoisotopic (exact) mass is 228 g/mol. The minimum atomic E-state index is 0.255. The zero-order chi connectivity index (χ0) is 11.4. The number of halogens is 1. The molecule has 0 aliphatic heterocycles. The number of nitrogens with two attached hydrogens (primary N) is 1. The van der Waals surface area contributed by atoms with Crippen molar-refractivity contribution in [2.24, 2.45) is 5.92 Å². The summed E-state index contributed by atoms with van der Waals surface area (Å²) in [7, 11) is 1.96. The first-order valence-electron chi connectivity index (χ1n) is 5.03. The van der Waals surface area contributed by atoms with E-state index in [-0.39, 0.29) is 5.95 Å². The highest BCUT2D eigenvalue weighted by molar-refractivity contribution is 6.32. The van der Waals surface area contributed by atoms with E-state index in [1.54, 1.807) is 0 Å². The van der Waals surface area contributed by atoms with E-state index < -0.39 is 0 Å². The van der Waals surface area contributed by atoms with Crippen molar-refractivity contribution in [1.82, 2.24) is 9.97 Å². The molecular formula is C10H17ClN4. The Labute approximate surface area is 95.5 Å². The van der Waals surface area contributed by atoms with Gasteiger partial charge in [-0.1, -0.05) is 31.9 Å². The predicted molar refractivity (Wildman–Crippen MR) is 64.2 cm³/mol. The van der Waals surface area contributed by atoms with Crippen molar-refractivity contribution in [1.29, 1.82) is 0 Å². The summed E-state index contributed by atoms with van der Waals surface area (Å²) in [5.41, 5.74) is 5.52. The van der Waals surface area contributed by atoms with Crippen LogP contribution in [-0.4, -0.2) is 23.6 Å². The fourth-order valence-electron chi connectivity index (χ4n) is 1.32. The first-order chi connectivity index (χ1) is 7.04. The zero-order valence-corrected chi connectivity index (χ0v) is 10.1. The second kappa shape index (κ2) is 5.16. The lowest BCUT2D eigenvalue weighted by Crippen LogP contribution is -2.25. The van der Waals surface area contributed by atoms with E-state index in [4.69, 9.17) is 17.3 Å². The lowest BCUT2D eigenvalue weighted by atomic mass is 10.1. The van der Waals surface area contributed by atoms with E-state index in [0.717, 1.165) is 13.0 Å². The van der Waals surface area contributed by atoms with Gasteiger partial charge in [-0.25, -0.2) is 4.98 Å². The molecule has 0 aromatic carbocycles. The van der Waals surface area contributed by atoms with Gasteiger partial charge in [0.05, 0.1) is 6.20 Å². The van der Waals surface area contributed by atoms with Gasteiger partial charge in [-0.3, -0.25) is 0 Å². The van der Waals surface area contributed by atoms with Crippen molar-refractivity contribution in [3.8, 4) is 0 Å². The van der Waals surface area contributed by atoms with Gasteiger partial charge in [0.25, 0.3) is 0 Å². The molecule has 0 aliphatic rings. The highest BCUT2D eigenvalue weighted by Gasteiger charge is 2.11. The molecule has 1 unspecified atom stereocenters. The third-order valence-electron chi connectivity index (χ3n) is 2.39. The molecule has 1 atom stereocenters. The van der Waals surface area contributed by atoms with Gasteiger partial charge in [-0.15, -0.1) is 0 Å². The fraction of sp³-hybridized carbons (Fsp3) is 0.600. The molecule has 1 rings (SSSR count). The van der Waals surface area contributed by atoms with Crippen LogP contribution in [0.3, 0.4) is 0 Å². The molecule has 0 saturated carbocycles. The summed E-state index contributed by atoms with van der Waals surface area (Å²) in [4.78, 5) is 9.96. The Balaban J connectivity index is 2.80. The third-order valence-corrected chi connectivity index (χ3v) is 2.65. The van der Waals surface area contributed by atoms with Crippen LogP contribution in [0.2, 0.25) is 5.02 Å². The number of nitrogens with zero attached hydrogens (tertiary/aromatic N) is 3. The van der Waals surface area contributed by atoms with Crippen molar-refractivity contribution < 1.29 is 0 Å². The highest BCUT2D eigenvalue weighted by atomic mass is 35.5. The molecule has 1 aromatic rings. The van der Waals surface area contributed by atoms with Gasteiger partial charge in [-0.05, 0) is 5.92 Å². The third kappa shape index (κ3) is 3.23. The Morgan fingerprint density at radius 2 is 2.27 bits per heavy atom. The maximum Gasteiger partial charge on any atom is 0.222 e. The molecular weight excluding hydrogens is 212 g/mol. The fourth-order valence-corrected chi connectivity index (χ4v) is 1.56. The van der Waals surface area contributed by atoms with Gasteiger partial charge in [0.2, 0.25) is 5.95 Å². The lowest BCUT2D eigenvalue weighted by Gasteiger charge is -2.22. The second-order valence-corrected chi connectivity index (χ2v) is 4.20.